The van der Waals surface area contributed by atoms with E-state index in [4.69, 9.17) is 5.73 Å². The normalized spacial score (nSPS) is 27.0. The Balaban J connectivity index is 1.92. The standard InChI is InChI=1S/C12H23N/c1-9(8-13)12(10-4-2-5-10)11-6-3-7-11/h9-12H,2-8,13H2,1H3. The lowest BCUT2D eigenvalue weighted by Gasteiger charge is -2.45. The lowest BCUT2D eigenvalue weighted by Crippen LogP contribution is -2.38. The molecule has 2 aliphatic carbocycles. The Morgan fingerprint density at radius 3 is 1.77 bits per heavy atom. The van der Waals surface area contributed by atoms with Crippen molar-refractivity contribution in [3.63, 3.8) is 0 Å². The summed E-state index contributed by atoms with van der Waals surface area (Å²) >= 11 is 0. The first-order valence-electron chi connectivity index (χ1n) is 6.03. The molecule has 0 radical (unpaired) electrons. The average molecular weight is 181 g/mol. The zero-order valence-corrected chi connectivity index (χ0v) is 8.84. The molecule has 13 heavy (non-hydrogen) atoms. The molecule has 2 aliphatic rings. The third-order valence-corrected chi connectivity index (χ3v) is 4.42. The monoisotopic (exact) mass is 181 g/mol. The molecule has 0 spiro atoms. The molecular weight excluding hydrogens is 158 g/mol. The van der Waals surface area contributed by atoms with Crippen LogP contribution < -0.4 is 5.73 Å². The van der Waals surface area contributed by atoms with Gasteiger partial charge in [-0.15, -0.1) is 0 Å². The maximum atomic E-state index is 5.81. The Morgan fingerprint density at radius 2 is 1.54 bits per heavy atom. The van der Waals surface area contributed by atoms with Gasteiger partial charge in [0.25, 0.3) is 0 Å². The van der Waals surface area contributed by atoms with E-state index >= 15 is 0 Å². The molecule has 0 saturated heterocycles. The Kier molecular flexibility index (Phi) is 2.92. The molecule has 0 aliphatic heterocycles. The van der Waals surface area contributed by atoms with Crippen LogP contribution in [0.25, 0.3) is 0 Å². The van der Waals surface area contributed by atoms with Crippen LogP contribution in [0.2, 0.25) is 0 Å². The van der Waals surface area contributed by atoms with Crippen LogP contribution >= 0.6 is 0 Å². The van der Waals surface area contributed by atoms with Crippen LogP contribution in [0.5, 0.6) is 0 Å². The van der Waals surface area contributed by atoms with E-state index in [2.05, 4.69) is 6.92 Å². The predicted molar refractivity (Wildman–Crippen MR) is 56.4 cm³/mol. The minimum absolute atomic E-state index is 0.774. The highest BCUT2D eigenvalue weighted by atomic mass is 14.6. The summed E-state index contributed by atoms with van der Waals surface area (Å²) in [4.78, 5) is 0. The fourth-order valence-corrected chi connectivity index (χ4v) is 3.12. The van der Waals surface area contributed by atoms with Gasteiger partial charge in [-0.3, -0.25) is 0 Å². The smallest absolute Gasteiger partial charge is 0.00487 e. The predicted octanol–water partition coefficient (Wildman–Crippen LogP) is 2.80. The number of hydrogen-bond acceptors (Lipinski definition) is 1. The van der Waals surface area contributed by atoms with E-state index in [9.17, 15) is 0 Å². The van der Waals surface area contributed by atoms with Crippen molar-refractivity contribution in [1.82, 2.24) is 0 Å². The van der Waals surface area contributed by atoms with Crippen molar-refractivity contribution < 1.29 is 0 Å². The van der Waals surface area contributed by atoms with Crippen molar-refractivity contribution in [1.29, 1.82) is 0 Å². The van der Waals surface area contributed by atoms with Crippen molar-refractivity contribution in [2.75, 3.05) is 6.54 Å². The van der Waals surface area contributed by atoms with Crippen LogP contribution in [0.3, 0.4) is 0 Å². The minimum Gasteiger partial charge on any atom is -0.330 e. The van der Waals surface area contributed by atoms with Gasteiger partial charge in [0.2, 0.25) is 0 Å². The second kappa shape index (κ2) is 4.00. The van der Waals surface area contributed by atoms with Crippen LogP contribution in [-0.4, -0.2) is 6.54 Å². The molecule has 76 valence electrons. The fraction of sp³-hybridized carbons (Fsp3) is 1.00. The van der Waals surface area contributed by atoms with Crippen LogP contribution in [0.1, 0.15) is 45.4 Å². The van der Waals surface area contributed by atoms with Gasteiger partial charge in [-0.2, -0.15) is 0 Å². The summed E-state index contributed by atoms with van der Waals surface area (Å²) in [5.41, 5.74) is 5.81. The van der Waals surface area contributed by atoms with Crippen molar-refractivity contribution >= 4 is 0 Å². The molecule has 0 heterocycles. The van der Waals surface area contributed by atoms with E-state index in [1.807, 2.05) is 0 Å². The van der Waals surface area contributed by atoms with Crippen LogP contribution in [0, 0.1) is 23.7 Å². The second-order valence-corrected chi connectivity index (χ2v) is 5.17. The zero-order chi connectivity index (χ0) is 9.26. The van der Waals surface area contributed by atoms with E-state index in [1.54, 1.807) is 0 Å². The van der Waals surface area contributed by atoms with Crippen LogP contribution in [0.15, 0.2) is 0 Å². The van der Waals surface area contributed by atoms with Crippen molar-refractivity contribution in [3.05, 3.63) is 0 Å². The molecule has 0 bridgehead atoms. The van der Waals surface area contributed by atoms with Gasteiger partial charge < -0.3 is 5.73 Å². The molecule has 0 aromatic rings. The lowest BCUT2D eigenvalue weighted by atomic mass is 9.60. The maximum Gasteiger partial charge on any atom is -0.00487 e. The fourth-order valence-electron chi connectivity index (χ4n) is 3.12. The average Bonchev–Trinajstić information content (AvgIpc) is 1.95. The molecule has 2 rings (SSSR count). The van der Waals surface area contributed by atoms with Crippen molar-refractivity contribution in [2.45, 2.75) is 45.4 Å². The van der Waals surface area contributed by atoms with Gasteiger partial charge in [0.1, 0.15) is 0 Å². The maximum absolute atomic E-state index is 5.81. The first kappa shape index (κ1) is 9.51. The van der Waals surface area contributed by atoms with Gasteiger partial charge in [0.15, 0.2) is 0 Å². The van der Waals surface area contributed by atoms with Crippen molar-refractivity contribution in [2.24, 2.45) is 29.4 Å². The first-order valence-corrected chi connectivity index (χ1v) is 6.03. The molecule has 1 atom stereocenters. The third-order valence-electron chi connectivity index (χ3n) is 4.42. The van der Waals surface area contributed by atoms with Crippen LogP contribution in [0.4, 0.5) is 0 Å². The highest BCUT2D eigenvalue weighted by molar-refractivity contribution is 4.89. The van der Waals surface area contributed by atoms with Gasteiger partial charge in [-0.25, -0.2) is 0 Å². The molecule has 1 unspecified atom stereocenters. The minimum atomic E-state index is 0.774. The van der Waals surface area contributed by atoms with E-state index in [0.717, 1.165) is 30.2 Å². The molecule has 0 amide bonds. The molecule has 2 fully saturated rings. The summed E-state index contributed by atoms with van der Waals surface area (Å²) in [7, 11) is 0. The van der Waals surface area contributed by atoms with Gasteiger partial charge in [0.05, 0.1) is 0 Å². The summed E-state index contributed by atoms with van der Waals surface area (Å²) in [5.74, 6) is 3.84. The Bertz CT molecular complexity index is 138. The molecule has 0 aromatic heterocycles. The second-order valence-electron chi connectivity index (χ2n) is 5.17. The van der Waals surface area contributed by atoms with E-state index in [1.165, 1.54) is 38.5 Å². The van der Waals surface area contributed by atoms with E-state index in [0.29, 0.717) is 0 Å². The summed E-state index contributed by atoms with van der Waals surface area (Å²) in [6, 6.07) is 0. The Labute approximate surface area is 82.1 Å². The largest absolute Gasteiger partial charge is 0.330 e. The van der Waals surface area contributed by atoms with Crippen molar-refractivity contribution in [3.8, 4) is 0 Å². The Morgan fingerprint density at radius 1 is 1.08 bits per heavy atom. The van der Waals surface area contributed by atoms with E-state index < -0.39 is 0 Å². The third kappa shape index (κ3) is 1.76. The van der Waals surface area contributed by atoms with Gasteiger partial charge >= 0.3 is 0 Å². The first-order chi connectivity index (χ1) is 6.33. The molecule has 2 N–H and O–H groups in total. The Hall–Kier alpha value is -0.0400. The number of nitrogens with two attached hydrogens (primary N) is 1. The highest BCUT2D eigenvalue weighted by Gasteiger charge is 2.38. The quantitative estimate of drug-likeness (QED) is 0.709. The van der Waals surface area contributed by atoms with Crippen LogP contribution in [-0.2, 0) is 0 Å². The summed E-state index contributed by atoms with van der Waals surface area (Å²) in [6.07, 6.45) is 8.92. The van der Waals surface area contributed by atoms with E-state index in [-0.39, 0.29) is 0 Å². The van der Waals surface area contributed by atoms with Gasteiger partial charge in [-0.1, -0.05) is 45.4 Å². The highest BCUT2D eigenvalue weighted by Crippen LogP contribution is 2.47. The molecule has 2 saturated carbocycles. The summed E-state index contributed by atoms with van der Waals surface area (Å²) < 4.78 is 0. The summed E-state index contributed by atoms with van der Waals surface area (Å²) in [5, 5.41) is 0. The topological polar surface area (TPSA) is 26.0 Å². The molecule has 1 nitrogen and oxygen atoms in total. The summed E-state index contributed by atoms with van der Waals surface area (Å²) in [6.45, 7) is 3.26. The molecular formula is C12H23N. The molecule has 1 heteroatoms. The number of rotatable bonds is 4. The SMILES string of the molecule is CC(CN)C(C1CCC1)C1CCC1. The van der Waals surface area contributed by atoms with Gasteiger partial charge in [0, 0.05) is 0 Å². The molecule has 0 aromatic carbocycles. The zero-order valence-electron chi connectivity index (χ0n) is 8.84. The lowest BCUT2D eigenvalue weighted by molar-refractivity contribution is 0.0533. The van der Waals surface area contributed by atoms with Gasteiger partial charge in [-0.05, 0) is 30.2 Å². The number of hydrogen-bond donors (Lipinski definition) is 1.